The molecule has 0 aromatic heterocycles. The zero-order valence-electron chi connectivity index (χ0n) is 17.7. The summed E-state index contributed by atoms with van der Waals surface area (Å²) < 4.78 is 17.2. The minimum atomic E-state index is -1.67. The van der Waals surface area contributed by atoms with Gasteiger partial charge in [-0.1, -0.05) is 30.3 Å². The first-order valence-electron chi connectivity index (χ1n) is 10.9. The van der Waals surface area contributed by atoms with Gasteiger partial charge in [-0.2, -0.15) is 0 Å². The van der Waals surface area contributed by atoms with Gasteiger partial charge in [0.1, 0.15) is 18.3 Å². The van der Waals surface area contributed by atoms with Crippen molar-refractivity contribution in [3.8, 4) is 0 Å². The second kappa shape index (κ2) is 9.91. The van der Waals surface area contributed by atoms with E-state index in [9.17, 15) is 20.1 Å². The van der Waals surface area contributed by atoms with Gasteiger partial charge in [0.2, 0.25) is 5.91 Å². The number of ether oxygens (including phenoxy) is 3. The number of amides is 1. The highest BCUT2D eigenvalue weighted by Gasteiger charge is 2.48. The van der Waals surface area contributed by atoms with E-state index in [-0.39, 0.29) is 13.2 Å². The van der Waals surface area contributed by atoms with Gasteiger partial charge in [-0.15, -0.1) is 0 Å². The molecule has 3 aliphatic rings. The quantitative estimate of drug-likeness (QED) is 0.598. The average Bonchev–Trinajstić information content (AvgIpc) is 3.26. The van der Waals surface area contributed by atoms with Crippen LogP contribution < -0.4 is 5.11 Å². The molecule has 4 rings (SSSR count). The van der Waals surface area contributed by atoms with Gasteiger partial charge in [0.05, 0.1) is 18.8 Å². The Morgan fingerprint density at radius 3 is 2.65 bits per heavy atom. The lowest BCUT2D eigenvalue weighted by Gasteiger charge is -2.53. The van der Waals surface area contributed by atoms with Gasteiger partial charge in [0.15, 0.2) is 6.29 Å². The summed E-state index contributed by atoms with van der Waals surface area (Å²) in [7, 11) is 0. The number of likely N-dealkylation sites (tertiary alicyclic amines) is 1. The van der Waals surface area contributed by atoms with Crippen LogP contribution in [0.3, 0.4) is 0 Å². The van der Waals surface area contributed by atoms with Gasteiger partial charge < -0.3 is 39.3 Å². The molecule has 7 atom stereocenters. The van der Waals surface area contributed by atoms with Crippen molar-refractivity contribution in [2.24, 2.45) is 0 Å². The van der Waals surface area contributed by atoms with Gasteiger partial charge in [-0.3, -0.25) is 4.79 Å². The second-order valence-electron chi connectivity index (χ2n) is 8.53. The largest absolute Gasteiger partial charge is 0.829 e. The van der Waals surface area contributed by atoms with Crippen molar-refractivity contribution < 1.29 is 34.3 Å². The van der Waals surface area contributed by atoms with E-state index < -0.39 is 48.9 Å². The second-order valence-corrected chi connectivity index (χ2v) is 8.53. The van der Waals surface area contributed by atoms with Crippen LogP contribution in [0.5, 0.6) is 0 Å². The molecule has 3 aliphatic heterocycles. The number of benzene rings is 1. The number of carbonyl (C=O) groups is 1. The SMILES string of the molecule is CC(=O)N(C[C@H](O)CN1CCCC1)[C@@H]1[C@@H](O)[C@@H]2OC(c3ccccc3)OC[C@H]2O[C@H]1[O-]. The predicted molar refractivity (Wildman–Crippen MR) is 108 cm³/mol. The fraction of sp³-hybridized carbons (Fsp3) is 0.682. The van der Waals surface area contributed by atoms with E-state index in [1.54, 1.807) is 0 Å². The van der Waals surface area contributed by atoms with Crippen LogP contribution in [0.2, 0.25) is 0 Å². The first kappa shape index (κ1) is 22.6. The number of aliphatic hydroxyl groups is 2. The molecule has 31 heavy (non-hydrogen) atoms. The lowest BCUT2D eigenvalue weighted by atomic mass is 9.94. The smallest absolute Gasteiger partial charge is 0.219 e. The zero-order valence-corrected chi connectivity index (χ0v) is 17.7. The molecule has 3 saturated heterocycles. The highest BCUT2D eigenvalue weighted by Crippen LogP contribution is 2.34. The van der Waals surface area contributed by atoms with Gasteiger partial charge in [0, 0.05) is 31.9 Å². The molecule has 0 bridgehead atoms. The first-order chi connectivity index (χ1) is 14.9. The summed E-state index contributed by atoms with van der Waals surface area (Å²) >= 11 is 0. The summed E-state index contributed by atoms with van der Waals surface area (Å²) in [6, 6.07) is 8.14. The first-order valence-corrected chi connectivity index (χ1v) is 10.9. The maximum absolute atomic E-state index is 12.8. The van der Waals surface area contributed by atoms with Crippen molar-refractivity contribution in [1.29, 1.82) is 0 Å². The van der Waals surface area contributed by atoms with Gasteiger partial charge in [-0.25, -0.2) is 0 Å². The number of rotatable bonds is 6. The van der Waals surface area contributed by atoms with E-state index in [0.717, 1.165) is 31.5 Å². The molecule has 3 heterocycles. The molecule has 9 heteroatoms. The highest BCUT2D eigenvalue weighted by molar-refractivity contribution is 5.73. The number of hydrogen-bond acceptors (Lipinski definition) is 8. The van der Waals surface area contributed by atoms with Crippen molar-refractivity contribution >= 4 is 5.91 Å². The molecule has 1 amide bonds. The molecule has 3 fully saturated rings. The molecule has 2 N–H and O–H groups in total. The molecule has 1 aromatic carbocycles. The van der Waals surface area contributed by atoms with Crippen molar-refractivity contribution in [2.45, 2.75) is 62.8 Å². The molecule has 0 aliphatic carbocycles. The monoisotopic (exact) mass is 435 g/mol. The predicted octanol–water partition coefficient (Wildman–Crippen LogP) is -0.779. The summed E-state index contributed by atoms with van der Waals surface area (Å²) in [5.74, 6) is -0.404. The zero-order chi connectivity index (χ0) is 22.0. The number of hydrogen-bond donors (Lipinski definition) is 2. The van der Waals surface area contributed by atoms with Crippen molar-refractivity contribution in [3.63, 3.8) is 0 Å². The number of carbonyl (C=O) groups excluding carboxylic acids is 1. The van der Waals surface area contributed by atoms with Gasteiger partial charge in [-0.05, 0) is 25.9 Å². The molecule has 9 nitrogen and oxygen atoms in total. The van der Waals surface area contributed by atoms with Crippen LogP contribution in [0.1, 0.15) is 31.6 Å². The van der Waals surface area contributed by atoms with Crippen molar-refractivity contribution in [3.05, 3.63) is 35.9 Å². The van der Waals surface area contributed by atoms with E-state index in [1.807, 2.05) is 30.3 Å². The normalized spacial score (nSPS) is 34.8. The summed E-state index contributed by atoms with van der Waals surface area (Å²) in [6.07, 6.45) is -3.83. The molecule has 1 aromatic rings. The summed E-state index contributed by atoms with van der Waals surface area (Å²) in [5.41, 5.74) is 0.790. The fourth-order valence-electron chi connectivity index (χ4n) is 4.70. The molecule has 172 valence electrons. The van der Waals surface area contributed by atoms with E-state index >= 15 is 0 Å². The van der Waals surface area contributed by atoms with Crippen molar-refractivity contribution in [2.75, 3.05) is 32.8 Å². The van der Waals surface area contributed by atoms with Crippen LogP contribution in [0.15, 0.2) is 30.3 Å². The summed E-state index contributed by atoms with van der Waals surface area (Å²) in [5, 5.41) is 34.4. The number of nitrogens with zero attached hydrogens (tertiary/aromatic N) is 2. The highest BCUT2D eigenvalue weighted by atomic mass is 16.7. The lowest BCUT2D eigenvalue weighted by molar-refractivity contribution is -0.532. The Hall–Kier alpha value is -1.59. The van der Waals surface area contributed by atoms with Gasteiger partial charge >= 0.3 is 0 Å². The van der Waals surface area contributed by atoms with Gasteiger partial charge in [0.25, 0.3) is 0 Å². The van der Waals surface area contributed by atoms with Crippen molar-refractivity contribution in [1.82, 2.24) is 9.80 Å². The molecule has 0 spiro atoms. The minimum absolute atomic E-state index is 0.0499. The topological polar surface area (TPSA) is 115 Å². The van der Waals surface area contributed by atoms with E-state index in [1.165, 1.54) is 11.8 Å². The lowest BCUT2D eigenvalue weighted by Crippen LogP contribution is -2.70. The molecular formula is C22H31N2O7-. The molecule has 0 saturated carbocycles. The fourth-order valence-corrected chi connectivity index (χ4v) is 4.70. The summed E-state index contributed by atoms with van der Waals surface area (Å²) in [6.45, 7) is 3.62. The van der Waals surface area contributed by atoms with Crippen LogP contribution in [0, 0.1) is 0 Å². The van der Waals surface area contributed by atoms with E-state index in [2.05, 4.69) is 4.90 Å². The third-order valence-electron chi connectivity index (χ3n) is 6.24. The molecule has 1 unspecified atom stereocenters. The van der Waals surface area contributed by atoms with Crippen LogP contribution in [-0.4, -0.2) is 95.5 Å². The Morgan fingerprint density at radius 2 is 1.97 bits per heavy atom. The maximum Gasteiger partial charge on any atom is 0.219 e. The van der Waals surface area contributed by atoms with Crippen LogP contribution in [-0.2, 0) is 19.0 Å². The Balaban J connectivity index is 1.46. The molecule has 0 radical (unpaired) electrons. The third-order valence-corrected chi connectivity index (χ3v) is 6.24. The maximum atomic E-state index is 12.8. The number of aliphatic hydroxyl groups excluding tert-OH is 2. The Labute approximate surface area is 182 Å². The Kier molecular flexibility index (Phi) is 7.22. The number of β-amino-alcohol motifs (C(OH)–C–C–N with tert-alkyl or cyclic N) is 1. The van der Waals surface area contributed by atoms with E-state index in [0.29, 0.717) is 6.54 Å². The van der Waals surface area contributed by atoms with Crippen LogP contribution in [0.4, 0.5) is 0 Å². The standard InChI is InChI=1S/C22H31N2O7/c1-14(25)24(12-16(26)11-23-9-5-6-10-23)18-19(27)20-17(30-21(18)28)13-29-22(31-20)15-7-3-2-4-8-15/h2-4,7-8,16-22,26-27H,5-6,9-13H2,1H3/q-1/t16-,17-,18-,19-,20-,21-,22?/m1/s1. The average molecular weight is 435 g/mol. The molecular weight excluding hydrogens is 404 g/mol. The van der Waals surface area contributed by atoms with E-state index in [4.69, 9.17) is 14.2 Å². The van der Waals surface area contributed by atoms with Crippen LogP contribution >= 0.6 is 0 Å². The third kappa shape index (κ3) is 5.09. The Morgan fingerprint density at radius 1 is 1.26 bits per heavy atom. The summed E-state index contributed by atoms with van der Waals surface area (Å²) in [4.78, 5) is 15.7. The Bertz CT molecular complexity index is 730. The van der Waals surface area contributed by atoms with Crippen LogP contribution in [0.25, 0.3) is 0 Å². The number of fused-ring (bicyclic) bond motifs is 1. The minimum Gasteiger partial charge on any atom is -0.829 e.